The van der Waals surface area contributed by atoms with Crippen LogP contribution >= 0.6 is 35.3 Å². The summed E-state index contributed by atoms with van der Waals surface area (Å²) in [6.07, 6.45) is 0.863. The van der Waals surface area contributed by atoms with E-state index in [9.17, 15) is 4.79 Å². The van der Waals surface area contributed by atoms with Gasteiger partial charge in [-0.05, 0) is 40.4 Å². The summed E-state index contributed by atoms with van der Waals surface area (Å²) >= 11 is 7.82. The van der Waals surface area contributed by atoms with Crippen molar-refractivity contribution in [3.05, 3.63) is 57.2 Å². The van der Waals surface area contributed by atoms with E-state index in [-0.39, 0.29) is 18.4 Å². The van der Waals surface area contributed by atoms with Crippen molar-refractivity contribution in [3.63, 3.8) is 0 Å². The number of rotatable bonds is 6. The molecule has 0 fully saturated rings. The van der Waals surface area contributed by atoms with Crippen LogP contribution in [0.4, 0.5) is 0 Å². The second-order valence-corrected chi connectivity index (χ2v) is 5.50. The quantitative estimate of drug-likeness (QED) is 0.807. The lowest BCUT2D eigenvalue weighted by Gasteiger charge is -2.17. The van der Waals surface area contributed by atoms with Crippen LogP contribution in [0.15, 0.2) is 41.1 Å². The smallest absolute Gasteiger partial charge is 0.327 e. The van der Waals surface area contributed by atoms with Crippen molar-refractivity contribution in [2.45, 2.75) is 12.5 Å². The zero-order valence-corrected chi connectivity index (χ0v) is 13.9. The maximum Gasteiger partial charge on any atom is 0.327 e. The van der Waals surface area contributed by atoms with Crippen molar-refractivity contribution in [2.75, 3.05) is 13.7 Å². The van der Waals surface area contributed by atoms with Crippen LogP contribution in [0.1, 0.15) is 17.2 Å². The molecule has 0 bridgehead atoms. The second kappa shape index (κ2) is 9.05. The molecular formula is C15H17Cl2NO2S. The molecule has 2 rings (SSSR count). The van der Waals surface area contributed by atoms with Gasteiger partial charge in [0.15, 0.2) is 0 Å². The van der Waals surface area contributed by atoms with Crippen molar-refractivity contribution in [1.29, 1.82) is 0 Å². The van der Waals surface area contributed by atoms with E-state index in [1.807, 2.05) is 23.6 Å². The Morgan fingerprint density at radius 2 is 2.14 bits per heavy atom. The molecule has 0 unspecified atom stereocenters. The maximum absolute atomic E-state index is 11.9. The highest BCUT2D eigenvalue weighted by molar-refractivity contribution is 7.07. The monoisotopic (exact) mass is 345 g/mol. The molecule has 1 atom stereocenters. The van der Waals surface area contributed by atoms with Crippen LogP contribution in [-0.4, -0.2) is 19.6 Å². The molecule has 1 N–H and O–H groups in total. The second-order valence-electron chi connectivity index (χ2n) is 4.31. The minimum Gasteiger partial charge on any atom is -0.468 e. The fraction of sp³-hybridized carbons (Fsp3) is 0.267. The van der Waals surface area contributed by atoms with Crippen LogP contribution < -0.4 is 5.32 Å². The molecule has 0 aliphatic carbocycles. The van der Waals surface area contributed by atoms with Crippen molar-refractivity contribution >= 4 is 41.3 Å². The van der Waals surface area contributed by atoms with E-state index < -0.39 is 6.04 Å². The number of benzene rings is 1. The van der Waals surface area contributed by atoms with Gasteiger partial charge in [-0.3, -0.25) is 0 Å². The summed E-state index contributed by atoms with van der Waals surface area (Å²) in [5.41, 5.74) is 2.00. The van der Waals surface area contributed by atoms with Crippen molar-refractivity contribution < 1.29 is 9.53 Å². The molecule has 0 aliphatic heterocycles. The fourth-order valence-electron chi connectivity index (χ4n) is 1.94. The van der Waals surface area contributed by atoms with E-state index in [1.165, 1.54) is 12.7 Å². The lowest BCUT2D eigenvalue weighted by Crippen LogP contribution is -2.31. The Hall–Kier alpha value is -1.07. The van der Waals surface area contributed by atoms with Gasteiger partial charge in [0.25, 0.3) is 0 Å². The number of hydrogen-bond acceptors (Lipinski definition) is 4. The average Bonchev–Trinajstić information content (AvgIpc) is 2.97. The van der Waals surface area contributed by atoms with Gasteiger partial charge in [-0.25, -0.2) is 4.79 Å². The minimum atomic E-state index is -0.535. The standard InChI is InChI=1S/C15H16ClNO2S.ClH/c1-19-15(18)14(12-4-2-3-5-13(12)16)17-8-6-11-7-9-20-10-11;/h2-5,7,9-10,14,17H,6,8H2,1H3;1H/t14-;/m0./s1. The molecule has 21 heavy (non-hydrogen) atoms. The van der Waals surface area contributed by atoms with E-state index in [1.54, 1.807) is 17.4 Å². The van der Waals surface area contributed by atoms with Gasteiger partial charge in [0.2, 0.25) is 0 Å². The summed E-state index contributed by atoms with van der Waals surface area (Å²) in [6, 6.07) is 8.85. The Morgan fingerprint density at radius 3 is 2.76 bits per heavy atom. The van der Waals surface area contributed by atoms with E-state index in [0.717, 1.165) is 12.0 Å². The lowest BCUT2D eigenvalue weighted by molar-refractivity contribution is -0.143. The van der Waals surface area contributed by atoms with E-state index >= 15 is 0 Å². The topological polar surface area (TPSA) is 38.3 Å². The Kier molecular flexibility index (Phi) is 7.75. The summed E-state index contributed by atoms with van der Waals surface area (Å²) in [7, 11) is 1.38. The number of carbonyl (C=O) groups is 1. The molecule has 2 aromatic rings. The SMILES string of the molecule is COC(=O)[C@@H](NCCc1ccsc1)c1ccccc1Cl.Cl. The van der Waals surface area contributed by atoms with Gasteiger partial charge in [0.1, 0.15) is 6.04 Å². The van der Waals surface area contributed by atoms with Crippen molar-refractivity contribution in [2.24, 2.45) is 0 Å². The summed E-state index contributed by atoms with van der Waals surface area (Å²) in [5.74, 6) is -0.330. The largest absolute Gasteiger partial charge is 0.468 e. The third-order valence-electron chi connectivity index (χ3n) is 3.00. The molecule has 0 spiro atoms. The number of hydrogen-bond donors (Lipinski definition) is 1. The molecule has 1 aromatic carbocycles. The highest BCUT2D eigenvalue weighted by atomic mass is 35.5. The molecule has 3 nitrogen and oxygen atoms in total. The summed E-state index contributed by atoms with van der Waals surface area (Å²) in [4.78, 5) is 11.9. The van der Waals surface area contributed by atoms with Crippen LogP contribution in [0, 0.1) is 0 Å². The first-order chi connectivity index (χ1) is 9.72. The van der Waals surface area contributed by atoms with Crippen molar-refractivity contribution in [3.8, 4) is 0 Å². The number of methoxy groups -OCH3 is 1. The molecule has 0 radical (unpaired) electrons. The Balaban J connectivity index is 0.00000220. The van der Waals surface area contributed by atoms with Crippen molar-refractivity contribution in [1.82, 2.24) is 5.32 Å². The molecule has 6 heteroatoms. The van der Waals surface area contributed by atoms with E-state index in [4.69, 9.17) is 16.3 Å². The number of halogens is 2. The fourth-order valence-corrected chi connectivity index (χ4v) is 2.89. The zero-order chi connectivity index (χ0) is 14.4. The molecule has 114 valence electrons. The lowest BCUT2D eigenvalue weighted by atomic mass is 10.1. The predicted octanol–water partition coefficient (Wildman–Crippen LogP) is 3.87. The van der Waals surface area contributed by atoms with Gasteiger partial charge in [-0.2, -0.15) is 11.3 Å². The number of ether oxygens (including phenoxy) is 1. The summed E-state index contributed by atoms with van der Waals surface area (Å²) in [5, 5.41) is 7.92. The maximum atomic E-state index is 11.9. The molecule has 0 aliphatic rings. The van der Waals surface area contributed by atoms with Gasteiger partial charge in [0, 0.05) is 11.6 Å². The number of nitrogens with one attached hydrogen (secondary N) is 1. The first kappa shape index (κ1) is 18.0. The highest BCUT2D eigenvalue weighted by Crippen LogP contribution is 2.23. The van der Waals surface area contributed by atoms with Crippen LogP contribution in [0.5, 0.6) is 0 Å². The summed E-state index contributed by atoms with van der Waals surface area (Å²) < 4.78 is 4.85. The minimum absolute atomic E-state index is 0. The zero-order valence-electron chi connectivity index (χ0n) is 11.5. The van der Waals surface area contributed by atoms with Gasteiger partial charge in [-0.15, -0.1) is 12.4 Å². The molecular weight excluding hydrogens is 329 g/mol. The van der Waals surface area contributed by atoms with E-state index in [0.29, 0.717) is 11.6 Å². The highest BCUT2D eigenvalue weighted by Gasteiger charge is 2.22. The molecule has 0 saturated carbocycles. The van der Waals surface area contributed by atoms with Gasteiger partial charge >= 0.3 is 5.97 Å². The van der Waals surface area contributed by atoms with Gasteiger partial charge in [0.05, 0.1) is 7.11 Å². The van der Waals surface area contributed by atoms with Crippen LogP contribution in [-0.2, 0) is 16.0 Å². The van der Waals surface area contributed by atoms with E-state index in [2.05, 4.69) is 16.8 Å². The number of carbonyl (C=O) groups excluding carboxylic acids is 1. The van der Waals surface area contributed by atoms with Crippen LogP contribution in [0.3, 0.4) is 0 Å². The third kappa shape index (κ3) is 5.00. The molecule has 0 amide bonds. The number of thiophene rings is 1. The number of esters is 1. The van der Waals surface area contributed by atoms with Crippen LogP contribution in [0.2, 0.25) is 5.02 Å². The Bertz CT molecular complexity index is 561. The first-order valence-electron chi connectivity index (χ1n) is 6.29. The molecule has 1 aromatic heterocycles. The Labute approximate surface area is 139 Å². The Morgan fingerprint density at radius 1 is 1.38 bits per heavy atom. The first-order valence-corrected chi connectivity index (χ1v) is 7.61. The normalized spacial score (nSPS) is 11.5. The predicted molar refractivity (Wildman–Crippen MR) is 89.5 cm³/mol. The summed E-state index contributed by atoms with van der Waals surface area (Å²) in [6.45, 7) is 0.682. The molecule has 1 heterocycles. The third-order valence-corrected chi connectivity index (χ3v) is 4.07. The van der Waals surface area contributed by atoms with Crippen LogP contribution in [0.25, 0.3) is 0 Å². The average molecular weight is 346 g/mol. The van der Waals surface area contributed by atoms with Gasteiger partial charge < -0.3 is 10.1 Å². The van der Waals surface area contributed by atoms with Gasteiger partial charge in [-0.1, -0.05) is 29.8 Å². The molecule has 0 saturated heterocycles.